The number of aliphatic carboxylic acids is 1. The first-order chi connectivity index (χ1) is 6.77. The van der Waals surface area contributed by atoms with Gasteiger partial charge in [-0.25, -0.2) is 0 Å². The molecular formula is C8H7N3O3. The maximum atomic E-state index is 10.5. The summed E-state index contributed by atoms with van der Waals surface area (Å²) >= 11 is 0. The average Bonchev–Trinajstić information content (AvgIpc) is 2.70. The number of H-pyrrole nitrogens is 1. The summed E-state index contributed by atoms with van der Waals surface area (Å²) in [7, 11) is 0. The van der Waals surface area contributed by atoms with Gasteiger partial charge < -0.3 is 9.63 Å². The first kappa shape index (κ1) is 8.49. The van der Waals surface area contributed by atoms with Crippen LogP contribution in [0.25, 0.3) is 11.4 Å². The molecule has 2 aromatic rings. The third kappa shape index (κ3) is 1.49. The van der Waals surface area contributed by atoms with Crippen LogP contribution in [0, 0.1) is 0 Å². The lowest BCUT2D eigenvalue weighted by Gasteiger charge is -1.94. The number of hydrogen-bond donors (Lipinski definition) is 2. The van der Waals surface area contributed by atoms with E-state index in [-0.39, 0.29) is 6.42 Å². The maximum Gasteiger partial charge on any atom is 0.307 e. The van der Waals surface area contributed by atoms with Crippen LogP contribution in [0.15, 0.2) is 23.0 Å². The van der Waals surface area contributed by atoms with Gasteiger partial charge >= 0.3 is 5.97 Å². The van der Waals surface area contributed by atoms with Crippen LogP contribution in [0.4, 0.5) is 0 Å². The number of hydrogen-bond acceptors (Lipinski definition) is 4. The molecule has 6 nitrogen and oxygen atoms in total. The van der Waals surface area contributed by atoms with Gasteiger partial charge in [-0.05, 0) is 0 Å². The normalized spacial score (nSPS) is 10.3. The number of aromatic nitrogens is 3. The summed E-state index contributed by atoms with van der Waals surface area (Å²) in [6.07, 6.45) is 2.80. The van der Waals surface area contributed by atoms with Crippen molar-refractivity contribution in [1.82, 2.24) is 15.4 Å². The molecule has 2 rings (SSSR count). The number of rotatable bonds is 3. The molecule has 2 aromatic heterocycles. The van der Waals surface area contributed by atoms with Crippen LogP contribution in [0.1, 0.15) is 5.56 Å². The maximum absolute atomic E-state index is 10.5. The van der Waals surface area contributed by atoms with Gasteiger partial charge in [0.25, 0.3) is 0 Å². The van der Waals surface area contributed by atoms with E-state index in [0.29, 0.717) is 17.0 Å². The van der Waals surface area contributed by atoms with E-state index in [2.05, 4.69) is 19.9 Å². The Labute approximate surface area is 78.5 Å². The fourth-order valence-electron chi connectivity index (χ4n) is 1.17. The molecule has 72 valence electrons. The fourth-order valence-corrected chi connectivity index (χ4v) is 1.17. The van der Waals surface area contributed by atoms with Gasteiger partial charge in [-0.2, -0.15) is 5.10 Å². The molecule has 0 amide bonds. The molecule has 0 spiro atoms. The molecule has 0 fully saturated rings. The molecule has 0 unspecified atom stereocenters. The van der Waals surface area contributed by atoms with Crippen LogP contribution in [0.5, 0.6) is 0 Å². The highest BCUT2D eigenvalue weighted by Gasteiger charge is 2.12. The highest BCUT2D eigenvalue weighted by molar-refractivity contribution is 5.73. The summed E-state index contributed by atoms with van der Waals surface area (Å²) in [6, 6.07) is 1.64. The first-order valence-corrected chi connectivity index (χ1v) is 3.92. The third-order valence-electron chi connectivity index (χ3n) is 1.75. The van der Waals surface area contributed by atoms with E-state index < -0.39 is 5.97 Å². The molecule has 0 saturated carbocycles. The first-order valence-electron chi connectivity index (χ1n) is 3.92. The van der Waals surface area contributed by atoms with Gasteiger partial charge in [0.15, 0.2) is 0 Å². The molecule has 2 N–H and O–H groups in total. The van der Waals surface area contributed by atoms with E-state index in [9.17, 15) is 4.79 Å². The minimum absolute atomic E-state index is 0.0846. The smallest absolute Gasteiger partial charge is 0.307 e. The Morgan fingerprint density at radius 2 is 2.50 bits per heavy atom. The zero-order valence-electron chi connectivity index (χ0n) is 7.10. The molecule has 0 radical (unpaired) electrons. The van der Waals surface area contributed by atoms with Crippen LogP contribution in [0.3, 0.4) is 0 Å². The zero-order valence-corrected chi connectivity index (χ0v) is 7.10. The SMILES string of the molecule is O=C(O)Cc1cn[nH]c1-c1ccon1. The summed E-state index contributed by atoms with van der Waals surface area (Å²) in [4.78, 5) is 10.5. The van der Waals surface area contributed by atoms with Crippen molar-refractivity contribution in [3.63, 3.8) is 0 Å². The van der Waals surface area contributed by atoms with Gasteiger partial charge in [-0.1, -0.05) is 5.16 Å². The van der Waals surface area contributed by atoms with Crippen LogP contribution >= 0.6 is 0 Å². The molecular weight excluding hydrogens is 186 g/mol. The summed E-state index contributed by atoms with van der Waals surface area (Å²) < 4.78 is 4.65. The van der Waals surface area contributed by atoms with Crippen molar-refractivity contribution < 1.29 is 14.4 Å². The van der Waals surface area contributed by atoms with E-state index in [1.165, 1.54) is 12.5 Å². The molecule has 0 aliphatic rings. The highest BCUT2D eigenvalue weighted by atomic mass is 16.5. The van der Waals surface area contributed by atoms with Crippen molar-refractivity contribution in [3.8, 4) is 11.4 Å². The second-order valence-electron chi connectivity index (χ2n) is 2.73. The van der Waals surface area contributed by atoms with E-state index in [1.54, 1.807) is 6.07 Å². The monoisotopic (exact) mass is 193 g/mol. The van der Waals surface area contributed by atoms with Crippen LogP contribution in [-0.4, -0.2) is 26.4 Å². The molecule has 0 aliphatic heterocycles. The fraction of sp³-hybridized carbons (Fsp3) is 0.125. The Morgan fingerprint density at radius 3 is 3.14 bits per heavy atom. The minimum Gasteiger partial charge on any atom is -0.481 e. The lowest BCUT2D eigenvalue weighted by atomic mass is 10.1. The van der Waals surface area contributed by atoms with E-state index >= 15 is 0 Å². The molecule has 2 heterocycles. The number of carboxylic acid groups (broad SMARTS) is 1. The summed E-state index contributed by atoms with van der Waals surface area (Å²) in [5.74, 6) is -0.906. The van der Waals surface area contributed by atoms with Gasteiger partial charge in [-0.15, -0.1) is 0 Å². The topological polar surface area (TPSA) is 92.0 Å². The lowest BCUT2D eigenvalue weighted by Crippen LogP contribution is -2.00. The van der Waals surface area contributed by atoms with Crippen molar-refractivity contribution in [2.45, 2.75) is 6.42 Å². The summed E-state index contributed by atoms with van der Waals surface area (Å²) in [6.45, 7) is 0. The minimum atomic E-state index is -0.906. The number of carbonyl (C=O) groups is 1. The number of carboxylic acids is 1. The Kier molecular flexibility index (Phi) is 2.02. The van der Waals surface area contributed by atoms with Gasteiger partial charge in [0, 0.05) is 11.6 Å². The quantitative estimate of drug-likeness (QED) is 0.748. The largest absolute Gasteiger partial charge is 0.481 e. The second kappa shape index (κ2) is 3.33. The second-order valence-corrected chi connectivity index (χ2v) is 2.73. The molecule has 0 aromatic carbocycles. The summed E-state index contributed by atoms with van der Waals surface area (Å²) in [5.41, 5.74) is 1.73. The van der Waals surface area contributed by atoms with Crippen LogP contribution in [0.2, 0.25) is 0 Å². The highest BCUT2D eigenvalue weighted by Crippen LogP contribution is 2.18. The average molecular weight is 193 g/mol. The molecule has 0 atom stereocenters. The summed E-state index contributed by atoms with van der Waals surface area (Å²) in [5, 5.41) is 18.7. The van der Waals surface area contributed by atoms with Gasteiger partial charge in [0.2, 0.25) is 0 Å². The van der Waals surface area contributed by atoms with Crippen molar-refractivity contribution in [2.24, 2.45) is 0 Å². The van der Waals surface area contributed by atoms with Crippen LogP contribution < -0.4 is 0 Å². The van der Waals surface area contributed by atoms with E-state index in [4.69, 9.17) is 5.11 Å². The lowest BCUT2D eigenvalue weighted by molar-refractivity contribution is -0.136. The molecule has 14 heavy (non-hydrogen) atoms. The predicted octanol–water partition coefficient (Wildman–Crippen LogP) is 0.692. The van der Waals surface area contributed by atoms with E-state index in [1.807, 2.05) is 0 Å². The van der Waals surface area contributed by atoms with Gasteiger partial charge in [0.05, 0.1) is 18.3 Å². The van der Waals surface area contributed by atoms with Crippen molar-refractivity contribution in [3.05, 3.63) is 24.1 Å². The number of nitrogens with zero attached hydrogens (tertiary/aromatic N) is 2. The van der Waals surface area contributed by atoms with E-state index in [0.717, 1.165) is 0 Å². The van der Waals surface area contributed by atoms with Crippen molar-refractivity contribution in [2.75, 3.05) is 0 Å². The standard InChI is InChI=1S/C8H7N3O3/c12-7(13)3-5-4-9-10-8(5)6-1-2-14-11-6/h1-2,4H,3H2,(H,9,10)(H,12,13). The van der Waals surface area contributed by atoms with Crippen molar-refractivity contribution in [1.29, 1.82) is 0 Å². The van der Waals surface area contributed by atoms with Gasteiger partial charge in [-0.3, -0.25) is 9.89 Å². The third-order valence-corrected chi connectivity index (χ3v) is 1.75. The Bertz CT molecular complexity index is 432. The van der Waals surface area contributed by atoms with Crippen molar-refractivity contribution >= 4 is 5.97 Å². The Hall–Kier alpha value is -2.11. The zero-order chi connectivity index (χ0) is 9.97. The van der Waals surface area contributed by atoms with Crippen LogP contribution in [-0.2, 0) is 11.2 Å². The Balaban J connectivity index is 2.35. The number of aromatic amines is 1. The van der Waals surface area contributed by atoms with Gasteiger partial charge in [0.1, 0.15) is 12.0 Å². The molecule has 0 saturated heterocycles. The Morgan fingerprint density at radius 1 is 1.64 bits per heavy atom. The molecule has 0 bridgehead atoms. The number of nitrogens with one attached hydrogen (secondary N) is 1. The molecule has 0 aliphatic carbocycles. The molecule has 6 heteroatoms. The predicted molar refractivity (Wildman–Crippen MR) is 45.4 cm³/mol.